The van der Waals surface area contributed by atoms with Crippen molar-refractivity contribution in [2.75, 3.05) is 6.54 Å². The van der Waals surface area contributed by atoms with Crippen LogP contribution in [0.5, 0.6) is 0 Å². The normalized spacial score (nSPS) is 10.2. The first-order valence-corrected chi connectivity index (χ1v) is 5.05. The van der Waals surface area contributed by atoms with Gasteiger partial charge in [-0.3, -0.25) is 4.79 Å². The molecule has 0 saturated heterocycles. The molecule has 1 aromatic carbocycles. The zero-order chi connectivity index (χ0) is 10.6. The fraction of sp³-hybridized carbons (Fsp3) is 0.300. The largest absolute Gasteiger partial charge is 0.330 e. The van der Waals surface area contributed by atoms with E-state index in [0.29, 0.717) is 29.4 Å². The molecule has 2 N–H and O–H groups in total. The van der Waals surface area contributed by atoms with Crippen LogP contribution in [0.15, 0.2) is 18.2 Å². The van der Waals surface area contributed by atoms with Crippen LogP contribution in [-0.2, 0) is 11.2 Å². The second kappa shape index (κ2) is 5.35. The molecule has 0 aliphatic carbocycles. The molecule has 0 bridgehead atoms. The number of Topliss-reactive ketones (excluding diaryl/α,β-unsaturated/α-hetero) is 1. The Balaban J connectivity index is 2.76. The summed E-state index contributed by atoms with van der Waals surface area (Å²) in [6, 6.07) is 5.27. The van der Waals surface area contributed by atoms with E-state index in [1.807, 2.05) is 0 Å². The molecule has 2 nitrogen and oxygen atoms in total. The Bertz CT molecular complexity index is 339. The molecule has 0 aromatic heterocycles. The smallest absolute Gasteiger partial charge is 0.138 e. The fourth-order valence-corrected chi connectivity index (χ4v) is 1.53. The summed E-state index contributed by atoms with van der Waals surface area (Å²) in [5.74, 6) is 0.0802. The molecule has 4 heteroatoms. The van der Waals surface area contributed by atoms with Gasteiger partial charge >= 0.3 is 0 Å². The lowest BCUT2D eigenvalue weighted by Crippen LogP contribution is -2.10. The van der Waals surface area contributed by atoms with Gasteiger partial charge in [-0.1, -0.05) is 35.3 Å². The van der Waals surface area contributed by atoms with E-state index in [2.05, 4.69) is 0 Å². The fourth-order valence-electron chi connectivity index (χ4n) is 1.15. The first-order chi connectivity index (χ1) is 6.65. The van der Waals surface area contributed by atoms with Crippen LogP contribution in [0.4, 0.5) is 0 Å². The Labute approximate surface area is 93.0 Å². The number of rotatable bonds is 4. The van der Waals surface area contributed by atoms with Gasteiger partial charge in [-0.25, -0.2) is 0 Å². The number of carbonyl (C=O) groups is 1. The summed E-state index contributed by atoms with van der Waals surface area (Å²) in [7, 11) is 0. The molecular formula is C10H11Cl2NO. The van der Waals surface area contributed by atoms with Crippen LogP contribution in [-0.4, -0.2) is 12.3 Å². The molecule has 0 fully saturated rings. The van der Waals surface area contributed by atoms with Crippen LogP contribution in [0, 0.1) is 0 Å². The minimum atomic E-state index is 0.0802. The van der Waals surface area contributed by atoms with Crippen molar-refractivity contribution in [1.29, 1.82) is 0 Å². The quantitative estimate of drug-likeness (QED) is 0.866. The average Bonchev–Trinajstić information content (AvgIpc) is 2.13. The predicted molar refractivity (Wildman–Crippen MR) is 58.8 cm³/mol. The lowest BCUT2D eigenvalue weighted by Gasteiger charge is -2.04. The molecule has 0 radical (unpaired) electrons. The molecule has 1 rings (SSSR count). The van der Waals surface area contributed by atoms with E-state index in [-0.39, 0.29) is 5.78 Å². The van der Waals surface area contributed by atoms with E-state index in [4.69, 9.17) is 28.9 Å². The first kappa shape index (κ1) is 11.5. The van der Waals surface area contributed by atoms with Crippen LogP contribution < -0.4 is 5.73 Å². The molecular weight excluding hydrogens is 221 g/mol. The number of nitrogens with two attached hydrogens (primary N) is 1. The molecule has 0 aliphatic heterocycles. The summed E-state index contributed by atoms with van der Waals surface area (Å²) in [6.07, 6.45) is 0.680. The second-order valence-corrected chi connectivity index (χ2v) is 3.75. The predicted octanol–water partition coefficient (Wildman–Crippen LogP) is 2.45. The van der Waals surface area contributed by atoms with E-state index < -0.39 is 0 Å². The number of halogens is 2. The van der Waals surface area contributed by atoms with Crippen LogP contribution in [0.1, 0.15) is 12.0 Å². The summed E-state index contributed by atoms with van der Waals surface area (Å²) in [5, 5.41) is 0.934. The molecule has 0 heterocycles. The maximum absolute atomic E-state index is 11.3. The summed E-state index contributed by atoms with van der Waals surface area (Å²) in [5.41, 5.74) is 6.03. The molecule has 14 heavy (non-hydrogen) atoms. The highest BCUT2D eigenvalue weighted by atomic mass is 35.5. The van der Waals surface area contributed by atoms with Crippen molar-refractivity contribution in [1.82, 2.24) is 0 Å². The van der Waals surface area contributed by atoms with Crippen molar-refractivity contribution >= 4 is 29.0 Å². The molecule has 0 unspecified atom stereocenters. The molecule has 0 atom stereocenters. The summed E-state index contributed by atoms with van der Waals surface area (Å²) < 4.78 is 0. The minimum absolute atomic E-state index is 0.0802. The number of benzene rings is 1. The maximum Gasteiger partial charge on any atom is 0.138 e. The number of ketones is 1. The Hall–Kier alpha value is -0.570. The maximum atomic E-state index is 11.3. The highest BCUT2D eigenvalue weighted by molar-refractivity contribution is 6.42. The van der Waals surface area contributed by atoms with Gasteiger partial charge in [-0.2, -0.15) is 0 Å². The SMILES string of the molecule is NCCC(=O)Cc1cccc(Cl)c1Cl. The Morgan fingerprint density at radius 2 is 2.07 bits per heavy atom. The van der Waals surface area contributed by atoms with Gasteiger partial charge in [-0.15, -0.1) is 0 Å². The van der Waals surface area contributed by atoms with Gasteiger partial charge in [-0.05, 0) is 18.2 Å². The van der Waals surface area contributed by atoms with Crippen molar-refractivity contribution in [3.8, 4) is 0 Å². The van der Waals surface area contributed by atoms with Crippen molar-refractivity contribution in [3.05, 3.63) is 33.8 Å². The Kier molecular flexibility index (Phi) is 4.39. The van der Waals surface area contributed by atoms with E-state index in [9.17, 15) is 4.79 Å². The van der Waals surface area contributed by atoms with Crippen LogP contribution in [0.3, 0.4) is 0 Å². The molecule has 0 spiro atoms. The topological polar surface area (TPSA) is 43.1 Å². The van der Waals surface area contributed by atoms with E-state index in [1.165, 1.54) is 0 Å². The van der Waals surface area contributed by atoms with Gasteiger partial charge in [0.1, 0.15) is 5.78 Å². The standard InChI is InChI=1S/C10H11Cl2NO/c11-9-3-1-2-7(10(9)12)6-8(14)4-5-13/h1-3H,4-6,13H2. The van der Waals surface area contributed by atoms with Gasteiger partial charge < -0.3 is 5.73 Å². The van der Waals surface area contributed by atoms with Gasteiger partial charge in [0.25, 0.3) is 0 Å². The third-order valence-corrected chi connectivity index (χ3v) is 2.70. The van der Waals surface area contributed by atoms with E-state index in [1.54, 1.807) is 18.2 Å². The Morgan fingerprint density at radius 3 is 2.71 bits per heavy atom. The third-order valence-electron chi connectivity index (χ3n) is 1.84. The zero-order valence-electron chi connectivity index (χ0n) is 7.59. The van der Waals surface area contributed by atoms with Gasteiger partial charge in [0.15, 0.2) is 0 Å². The van der Waals surface area contributed by atoms with E-state index in [0.717, 1.165) is 5.56 Å². The lowest BCUT2D eigenvalue weighted by atomic mass is 10.1. The van der Waals surface area contributed by atoms with Gasteiger partial charge in [0, 0.05) is 12.8 Å². The molecule has 0 amide bonds. The summed E-state index contributed by atoms with van der Waals surface area (Å²) in [4.78, 5) is 11.3. The highest BCUT2D eigenvalue weighted by Crippen LogP contribution is 2.25. The summed E-state index contributed by atoms with van der Waals surface area (Å²) >= 11 is 11.7. The minimum Gasteiger partial charge on any atom is -0.330 e. The zero-order valence-corrected chi connectivity index (χ0v) is 9.11. The van der Waals surface area contributed by atoms with Crippen molar-refractivity contribution in [3.63, 3.8) is 0 Å². The van der Waals surface area contributed by atoms with Gasteiger partial charge in [0.2, 0.25) is 0 Å². The molecule has 0 saturated carbocycles. The first-order valence-electron chi connectivity index (χ1n) is 4.30. The monoisotopic (exact) mass is 231 g/mol. The van der Waals surface area contributed by atoms with Gasteiger partial charge in [0.05, 0.1) is 10.0 Å². The lowest BCUT2D eigenvalue weighted by molar-refractivity contribution is -0.118. The number of hydrogen-bond acceptors (Lipinski definition) is 2. The summed E-state index contributed by atoms with van der Waals surface area (Å²) in [6.45, 7) is 0.372. The van der Waals surface area contributed by atoms with Crippen LogP contribution in [0.2, 0.25) is 10.0 Å². The molecule has 0 aliphatic rings. The number of carbonyl (C=O) groups excluding carboxylic acids is 1. The third kappa shape index (κ3) is 2.98. The van der Waals surface area contributed by atoms with Crippen LogP contribution >= 0.6 is 23.2 Å². The highest BCUT2D eigenvalue weighted by Gasteiger charge is 2.08. The average molecular weight is 232 g/mol. The van der Waals surface area contributed by atoms with Crippen molar-refractivity contribution < 1.29 is 4.79 Å². The molecule has 1 aromatic rings. The van der Waals surface area contributed by atoms with Crippen molar-refractivity contribution in [2.24, 2.45) is 5.73 Å². The van der Waals surface area contributed by atoms with E-state index >= 15 is 0 Å². The van der Waals surface area contributed by atoms with Crippen LogP contribution in [0.25, 0.3) is 0 Å². The number of hydrogen-bond donors (Lipinski definition) is 1. The molecule has 76 valence electrons. The second-order valence-electron chi connectivity index (χ2n) is 2.97. The Morgan fingerprint density at radius 1 is 1.36 bits per heavy atom. The van der Waals surface area contributed by atoms with Crippen molar-refractivity contribution in [2.45, 2.75) is 12.8 Å².